The summed E-state index contributed by atoms with van der Waals surface area (Å²) in [7, 11) is 0. The van der Waals surface area contributed by atoms with Gasteiger partial charge in [0.25, 0.3) is 5.91 Å². The number of hydrogen-bond acceptors (Lipinski definition) is 9. The molecule has 210 valence electrons. The van der Waals surface area contributed by atoms with Gasteiger partial charge in [-0.3, -0.25) is 9.59 Å². The number of amides is 2. The van der Waals surface area contributed by atoms with Gasteiger partial charge in [0.05, 0.1) is 19.7 Å². The maximum absolute atomic E-state index is 13.4. The van der Waals surface area contributed by atoms with Gasteiger partial charge in [-0.25, -0.2) is 9.78 Å². The van der Waals surface area contributed by atoms with E-state index in [0.29, 0.717) is 37.9 Å². The fourth-order valence-corrected chi connectivity index (χ4v) is 4.67. The number of nitrogens with zero attached hydrogens (tertiary/aromatic N) is 4. The van der Waals surface area contributed by atoms with Crippen LogP contribution in [0.4, 0.5) is 4.79 Å². The third-order valence-electron chi connectivity index (χ3n) is 6.79. The van der Waals surface area contributed by atoms with E-state index in [-0.39, 0.29) is 30.2 Å². The van der Waals surface area contributed by atoms with Crippen molar-refractivity contribution in [3.63, 3.8) is 0 Å². The number of carbonyl (C=O) groups excluding carboxylic acids is 3. The lowest BCUT2D eigenvalue weighted by molar-refractivity contribution is -0.158. The Kier molecular flexibility index (Phi) is 9.69. The standard InChI is InChI=1S/C28H37N5O6/c1-4-37-28(36)39-33-16-14-32(15-17-33)27(35)24(19(2)3)31-26(34)22-18-23(38-21-12-8-9-13-21)30-25(29-22)20-10-6-5-7-11-20/h5-7,10-11,18-19,21,24H,4,8-9,12-17H2,1-3H3,(H,31,34)/t24-/m0/s1. The van der Waals surface area contributed by atoms with Crippen molar-refractivity contribution < 1.29 is 28.7 Å². The molecule has 0 bridgehead atoms. The fraction of sp³-hybridized carbons (Fsp3) is 0.536. The monoisotopic (exact) mass is 539 g/mol. The zero-order chi connectivity index (χ0) is 27.8. The Morgan fingerprint density at radius 1 is 1.03 bits per heavy atom. The molecule has 39 heavy (non-hydrogen) atoms. The highest BCUT2D eigenvalue weighted by Gasteiger charge is 2.32. The summed E-state index contributed by atoms with van der Waals surface area (Å²) in [6.45, 7) is 7.08. The maximum Gasteiger partial charge on any atom is 0.527 e. The molecule has 1 atom stereocenters. The van der Waals surface area contributed by atoms with Crippen molar-refractivity contribution in [2.45, 2.75) is 58.6 Å². The molecule has 11 heteroatoms. The number of aromatic nitrogens is 2. The van der Waals surface area contributed by atoms with Crippen molar-refractivity contribution in [3.8, 4) is 17.3 Å². The molecule has 1 aromatic heterocycles. The summed E-state index contributed by atoms with van der Waals surface area (Å²) in [4.78, 5) is 54.4. The lowest BCUT2D eigenvalue weighted by Gasteiger charge is -2.35. The highest BCUT2D eigenvalue weighted by molar-refractivity contribution is 5.96. The van der Waals surface area contributed by atoms with Gasteiger partial charge in [-0.1, -0.05) is 44.2 Å². The number of piperazine rings is 1. The van der Waals surface area contributed by atoms with E-state index in [1.165, 1.54) is 5.06 Å². The van der Waals surface area contributed by atoms with E-state index in [0.717, 1.165) is 31.2 Å². The summed E-state index contributed by atoms with van der Waals surface area (Å²) in [5.41, 5.74) is 0.908. The molecule has 0 unspecified atom stereocenters. The van der Waals surface area contributed by atoms with Crippen LogP contribution < -0.4 is 10.1 Å². The van der Waals surface area contributed by atoms with Crippen LogP contribution in [0.15, 0.2) is 36.4 Å². The number of ether oxygens (including phenoxy) is 2. The first-order chi connectivity index (χ1) is 18.8. The first-order valence-corrected chi connectivity index (χ1v) is 13.6. The fourth-order valence-electron chi connectivity index (χ4n) is 4.67. The van der Waals surface area contributed by atoms with E-state index in [1.54, 1.807) is 17.9 Å². The average molecular weight is 540 g/mol. The molecule has 0 radical (unpaired) electrons. The zero-order valence-electron chi connectivity index (χ0n) is 22.8. The van der Waals surface area contributed by atoms with Gasteiger partial charge in [-0.15, -0.1) is 5.06 Å². The summed E-state index contributed by atoms with van der Waals surface area (Å²) < 4.78 is 10.9. The van der Waals surface area contributed by atoms with Crippen LogP contribution in [0.5, 0.6) is 5.88 Å². The Morgan fingerprint density at radius 2 is 1.72 bits per heavy atom. The van der Waals surface area contributed by atoms with Gasteiger partial charge in [-0.05, 0) is 38.5 Å². The molecule has 2 fully saturated rings. The van der Waals surface area contributed by atoms with Gasteiger partial charge in [0.2, 0.25) is 11.8 Å². The van der Waals surface area contributed by atoms with Crippen LogP contribution in [-0.2, 0) is 14.4 Å². The zero-order valence-corrected chi connectivity index (χ0v) is 22.8. The molecule has 0 spiro atoms. The van der Waals surface area contributed by atoms with E-state index >= 15 is 0 Å². The lowest BCUT2D eigenvalue weighted by atomic mass is 10.0. The van der Waals surface area contributed by atoms with Crippen molar-refractivity contribution in [2.75, 3.05) is 32.8 Å². The first kappa shape index (κ1) is 28.3. The molecule has 4 rings (SSSR count). The van der Waals surface area contributed by atoms with E-state index in [4.69, 9.17) is 14.3 Å². The number of benzene rings is 1. The molecule has 1 saturated carbocycles. The van der Waals surface area contributed by atoms with Crippen molar-refractivity contribution >= 4 is 18.0 Å². The summed E-state index contributed by atoms with van der Waals surface area (Å²) in [5.74, 6) is -0.0940. The molecule has 1 aromatic carbocycles. The first-order valence-electron chi connectivity index (χ1n) is 13.6. The molecule has 2 amide bonds. The van der Waals surface area contributed by atoms with Crippen LogP contribution in [0.25, 0.3) is 11.4 Å². The minimum atomic E-state index is -0.763. The molecular weight excluding hydrogens is 502 g/mol. The highest BCUT2D eigenvalue weighted by atomic mass is 16.8. The normalized spacial score (nSPS) is 17.1. The van der Waals surface area contributed by atoms with Crippen LogP contribution in [0.2, 0.25) is 0 Å². The van der Waals surface area contributed by atoms with Crippen LogP contribution in [0, 0.1) is 5.92 Å². The second-order valence-corrected chi connectivity index (χ2v) is 10.0. The van der Waals surface area contributed by atoms with Gasteiger partial charge in [0.1, 0.15) is 17.8 Å². The molecule has 1 aliphatic carbocycles. The Balaban J connectivity index is 1.46. The molecule has 2 aliphatic rings. The summed E-state index contributed by atoms with van der Waals surface area (Å²) >= 11 is 0. The Morgan fingerprint density at radius 3 is 2.36 bits per heavy atom. The van der Waals surface area contributed by atoms with E-state index in [9.17, 15) is 14.4 Å². The Labute approximate surface area is 228 Å². The Bertz CT molecular complexity index is 1130. The summed E-state index contributed by atoms with van der Waals surface area (Å²) in [6.07, 6.45) is 3.42. The molecule has 1 aliphatic heterocycles. The number of hydroxylamine groups is 2. The minimum Gasteiger partial charge on any atom is -0.474 e. The predicted octanol–water partition coefficient (Wildman–Crippen LogP) is 3.45. The van der Waals surface area contributed by atoms with Crippen LogP contribution >= 0.6 is 0 Å². The van der Waals surface area contributed by atoms with Gasteiger partial charge in [-0.2, -0.15) is 4.98 Å². The lowest BCUT2D eigenvalue weighted by Crippen LogP contribution is -2.56. The third kappa shape index (κ3) is 7.66. The van der Waals surface area contributed by atoms with E-state index < -0.39 is 18.1 Å². The van der Waals surface area contributed by atoms with Crippen molar-refractivity contribution in [2.24, 2.45) is 5.92 Å². The SMILES string of the molecule is CCOC(=O)ON1CCN(C(=O)[C@@H](NC(=O)c2cc(OC3CCCC3)nc(-c3ccccc3)n2)C(C)C)CC1. The average Bonchev–Trinajstić information content (AvgIpc) is 3.45. The second-order valence-electron chi connectivity index (χ2n) is 10.0. The summed E-state index contributed by atoms with van der Waals surface area (Å²) in [6, 6.07) is 10.2. The second kappa shape index (κ2) is 13.4. The molecule has 2 heterocycles. The molecule has 2 aromatic rings. The van der Waals surface area contributed by atoms with Gasteiger partial charge in [0, 0.05) is 24.7 Å². The molecule has 1 saturated heterocycles. The number of hydrogen-bond donors (Lipinski definition) is 1. The largest absolute Gasteiger partial charge is 0.527 e. The Hall–Kier alpha value is -3.73. The van der Waals surface area contributed by atoms with Gasteiger partial charge < -0.3 is 24.5 Å². The van der Waals surface area contributed by atoms with Crippen molar-refractivity contribution in [1.29, 1.82) is 0 Å². The van der Waals surface area contributed by atoms with Crippen molar-refractivity contribution in [1.82, 2.24) is 25.2 Å². The number of carbonyl (C=O) groups is 3. The smallest absolute Gasteiger partial charge is 0.474 e. The maximum atomic E-state index is 13.4. The van der Waals surface area contributed by atoms with Crippen LogP contribution in [0.1, 0.15) is 56.9 Å². The van der Waals surface area contributed by atoms with Crippen molar-refractivity contribution in [3.05, 3.63) is 42.1 Å². The third-order valence-corrected chi connectivity index (χ3v) is 6.79. The predicted molar refractivity (Wildman–Crippen MR) is 143 cm³/mol. The van der Waals surface area contributed by atoms with Crippen LogP contribution in [0.3, 0.4) is 0 Å². The minimum absolute atomic E-state index is 0.0656. The number of nitrogens with one attached hydrogen (secondary N) is 1. The molecule has 1 N–H and O–H groups in total. The van der Waals surface area contributed by atoms with E-state index in [2.05, 4.69) is 15.3 Å². The van der Waals surface area contributed by atoms with Crippen LogP contribution in [-0.4, -0.2) is 82.8 Å². The van der Waals surface area contributed by atoms with Gasteiger partial charge in [0.15, 0.2) is 5.82 Å². The molecular formula is C28H37N5O6. The summed E-state index contributed by atoms with van der Waals surface area (Å²) in [5, 5.41) is 4.37. The number of rotatable bonds is 9. The van der Waals surface area contributed by atoms with Gasteiger partial charge >= 0.3 is 6.16 Å². The molecule has 11 nitrogen and oxygen atoms in total. The highest BCUT2D eigenvalue weighted by Crippen LogP contribution is 2.25. The van der Waals surface area contributed by atoms with E-state index in [1.807, 2.05) is 44.2 Å². The topological polar surface area (TPSA) is 123 Å². The quantitative estimate of drug-likeness (QED) is 0.477.